The number of aromatic nitrogens is 2. The Balaban J connectivity index is 1.10. The van der Waals surface area contributed by atoms with Gasteiger partial charge in [-0.1, -0.05) is 121 Å². The van der Waals surface area contributed by atoms with Gasteiger partial charge in [-0.2, -0.15) is 0 Å². The van der Waals surface area contributed by atoms with Crippen molar-refractivity contribution in [2.24, 2.45) is 0 Å². The van der Waals surface area contributed by atoms with Crippen molar-refractivity contribution in [3.8, 4) is 11.4 Å². The van der Waals surface area contributed by atoms with Crippen molar-refractivity contribution in [2.75, 3.05) is 26.2 Å². The molecule has 0 unspecified atom stereocenters. The van der Waals surface area contributed by atoms with Crippen LogP contribution in [0.15, 0.2) is 133 Å². The van der Waals surface area contributed by atoms with Crippen LogP contribution < -0.4 is 5.11 Å². The quantitative estimate of drug-likeness (QED) is 0.186. The average Bonchev–Trinajstić information content (AvgIpc) is 3.47. The molecule has 46 heavy (non-hydrogen) atoms. The molecule has 6 aromatic rings. The first-order chi connectivity index (χ1) is 22.6. The van der Waals surface area contributed by atoms with Crippen molar-refractivity contribution in [1.29, 1.82) is 0 Å². The normalized spacial score (nSPS) is 14.2. The molecule has 230 valence electrons. The van der Waals surface area contributed by atoms with Gasteiger partial charge in [0, 0.05) is 50.4 Å². The van der Waals surface area contributed by atoms with Crippen molar-refractivity contribution in [2.45, 2.75) is 25.6 Å². The highest BCUT2D eigenvalue weighted by molar-refractivity contribution is 5.87. The molecule has 0 radical (unpaired) electrons. The summed E-state index contributed by atoms with van der Waals surface area (Å²) < 4.78 is 2.21. The zero-order valence-electron chi connectivity index (χ0n) is 25.8. The number of rotatable bonds is 10. The Bertz CT molecular complexity index is 1870. The number of nitrogens with zero attached hydrogens (tertiary/aromatic N) is 4. The van der Waals surface area contributed by atoms with Crippen LogP contribution in [0.5, 0.6) is 0 Å². The number of aryl methyl sites for hydroxylation is 2. The van der Waals surface area contributed by atoms with E-state index in [1.165, 1.54) is 16.7 Å². The molecule has 1 fully saturated rings. The highest BCUT2D eigenvalue weighted by Gasteiger charge is 2.26. The SMILES string of the molecule is O=C([O-])c1ccccc1CCn1c(-c2ccccc2)nc2cc(CN3CCN(C(c4ccccc4)c4ccccc4)CC3)ccc21. The first-order valence-electron chi connectivity index (χ1n) is 16.0. The summed E-state index contributed by atoms with van der Waals surface area (Å²) in [5.41, 5.74) is 7.96. The van der Waals surface area contributed by atoms with Crippen LogP contribution in [-0.2, 0) is 19.5 Å². The van der Waals surface area contributed by atoms with Crippen LogP contribution in [0.1, 0.15) is 38.7 Å². The van der Waals surface area contributed by atoms with E-state index < -0.39 is 5.97 Å². The van der Waals surface area contributed by atoms with Crippen molar-refractivity contribution in [1.82, 2.24) is 19.4 Å². The number of carbonyl (C=O) groups excluding carboxylic acids is 1. The first-order valence-corrected chi connectivity index (χ1v) is 16.0. The fourth-order valence-electron chi connectivity index (χ4n) is 6.80. The lowest BCUT2D eigenvalue weighted by Crippen LogP contribution is -2.47. The molecule has 0 atom stereocenters. The van der Waals surface area contributed by atoms with Crippen molar-refractivity contribution < 1.29 is 9.90 Å². The molecule has 6 nitrogen and oxygen atoms in total. The summed E-state index contributed by atoms with van der Waals surface area (Å²) in [7, 11) is 0. The van der Waals surface area contributed by atoms with E-state index in [2.05, 4.69) is 105 Å². The van der Waals surface area contributed by atoms with E-state index in [9.17, 15) is 9.90 Å². The van der Waals surface area contributed by atoms with E-state index in [0.29, 0.717) is 13.0 Å². The van der Waals surface area contributed by atoms with E-state index in [1.54, 1.807) is 12.1 Å². The largest absolute Gasteiger partial charge is 0.545 e. The van der Waals surface area contributed by atoms with Gasteiger partial charge in [0.15, 0.2) is 0 Å². The van der Waals surface area contributed by atoms with Crippen LogP contribution >= 0.6 is 0 Å². The molecule has 0 saturated carbocycles. The molecule has 5 aromatic carbocycles. The van der Waals surface area contributed by atoms with Gasteiger partial charge in [0.1, 0.15) is 5.82 Å². The molecular weight excluding hydrogens is 568 g/mol. The van der Waals surface area contributed by atoms with E-state index in [0.717, 1.165) is 60.7 Å². The summed E-state index contributed by atoms with van der Waals surface area (Å²) >= 11 is 0. The number of carbonyl (C=O) groups is 1. The maximum atomic E-state index is 11.7. The van der Waals surface area contributed by atoms with Gasteiger partial charge in [0.05, 0.1) is 23.0 Å². The molecule has 2 heterocycles. The molecule has 1 aliphatic heterocycles. The highest BCUT2D eigenvalue weighted by atomic mass is 16.4. The molecular formula is C40H37N4O2-. The lowest BCUT2D eigenvalue weighted by atomic mass is 9.96. The predicted octanol–water partition coefficient (Wildman–Crippen LogP) is 6.22. The fraction of sp³-hybridized carbons (Fsp3) is 0.200. The molecule has 0 aliphatic carbocycles. The molecule has 7 rings (SSSR count). The van der Waals surface area contributed by atoms with Gasteiger partial charge in [-0.3, -0.25) is 9.80 Å². The van der Waals surface area contributed by atoms with Crippen LogP contribution in [0.4, 0.5) is 0 Å². The monoisotopic (exact) mass is 605 g/mol. The molecule has 6 heteroatoms. The lowest BCUT2D eigenvalue weighted by molar-refractivity contribution is -0.255. The topological polar surface area (TPSA) is 64.4 Å². The molecule has 1 aromatic heterocycles. The minimum atomic E-state index is -1.14. The second kappa shape index (κ2) is 13.5. The number of imidazole rings is 1. The number of piperazine rings is 1. The summed E-state index contributed by atoms with van der Waals surface area (Å²) in [5.74, 6) is -0.254. The highest BCUT2D eigenvalue weighted by Crippen LogP contribution is 2.31. The van der Waals surface area contributed by atoms with Gasteiger partial charge in [-0.05, 0) is 40.8 Å². The Hall–Kier alpha value is -5.04. The number of fused-ring (bicyclic) bond motifs is 1. The Morgan fingerprint density at radius 2 is 1.33 bits per heavy atom. The maximum Gasteiger partial charge on any atom is 0.141 e. The Labute approximate surface area is 270 Å². The smallest absolute Gasteiger partial charge is 0.141 e. The molecule has 0 N–H and O–H groups in total. The predicted molar refractivity (Wildman–Crippen MR) is 181 cm³/mol. The van der Waals surface area contributed by atoms with Gasteiger partial charge in [0.2, 0.25) is 0 Å². The Morgan fingerprint density at radius 3 is 1.98 bits per heavy atom. The van der Waals surface area contributed by atoms with E-state index >= 15 is 0 Å². The third-order valence-corrected chi connectivity index (χ3v) is 9.10. The first kappa shape index (κ1) is 29.7. The minimum absolute atomic E-state index is 0.245. The maximum absolute atomic E-state index is 11.7. The second-order valence-corrected chi connectivity index (χ2v) is 12.0. The molecule has 0 amide bonds. The number of hydrogen-bond donors (Lipinski definition) is 0. The van der Waals surface area contributed by atoms with Gasteiger partial charge in [0.25, 0.3) is 0 Å². The van der Waals surface area contributed by atoms with E-state index in [1.807, 2.05) is 30.3 Å². The minimum Gasteiger partial charge on any atom is -0.545 e. The summed E-state index contributed by atoms with van der Waals surface area (Å²) in [4.78, 5) is 22.0. The molecule has 0 bridgehead atoms. The summed E-state index contributed by atoms with van der Waals surface area (Å²) in [5, 5.41) is 11.7. The van der Waals surface area contributed by atoms with Gasteiger partial charge >= 0.3 is 0 Å². The summed E-state index contributed by atoms with van der Waals surface area (Å²) in [6.45, 7) is 5.47. The van der Waals surface area contributed by atoms with Gasteiger partial charge in [-0.15, -0.1) is 0 Å². The third kappa shape index (κ3) is 6.36. The van der Waals surface area contributed by atoms with Crippen molar-refractivity contribution in [3.63, 3.8) is 0 Å². The fourth-order valence-corrected chi connectivity index (χ4v) is 6.80. The van der Waals surface area contributed by atoms with Crippen LogP contribution in [0, 0.1) is 0 Å². The van der Waals surface area contributed by atoms with Crippen LogP contribution in [0.2, 0.25) is 0 Å². The summed E-state index contributed by atoms with van der Waals surface area (Å²) in [6.07, 6.45) is 0.564. The standard InChI is InChI=1S/C40H38N4O2/c45-40(46)35-19-11-10-12-31(35)22-23-44-37-21-20-30(28-36(37)41-39(44)34-17-8-3-9-18-34)29-42-24-26-43(27-25-42)38(32-13-4-1-5-14-32)33-15-6-2-7-16-33/h1-21,28,38H,22-27,29H2,(H,45,46)/p-1. The van der Waals surface area contributed by atoms with Crippen molar-refractivity contribution in [3.05, 3.63) is 161 Å². The zero-order chi connectivity index (χ0) is 31.3. The molecule has 1 aliphatic rings. The average molecular weight is 606 g/mol. The number of benzene rings is 5. The van der Waals surface area contributed by atoms with Crippen LogP contribution in [0.3, 0.4) is 0 Å². The lowest BCUT2D eigenvalue weighted by Gasteiger charge is -2.39. The molecule has 1 saturated heterocycles. The zero-order valence-corrected chi connectivity index (χ0v) is 25.8. The van der Waals surface area contributed by atoms with E-state index in [4.69, 9.17) is 4.98 Å². The number of carboxylic acid groups (broad SMARTS) is 1. The number of aromatic carboxylic acids is 1. The Kier molecular flexibility index (Phi) is 8.72. The molecule has 0 spiro atoms. The van der Waals surface area contributed by atoms with E-state index in [-0.39, 0.29) is 11.6 Å². The van der Waals surface area contributed by atoms with Crippen LogP contribution in [-0.4, -0.2) is 51.5 Å². The number of hydrogen-bond acceptors (Lipinski definition) is 5. The van der Waals surface area contributed by atoms with Crippen molar-refractivity contribution >= 4 is 17.0 Å². The number of carboxylic acids is 1. The Morgan fingerprint density at radius 1 is 0.717 bits per heavy atom. The summed E-state index contributed by atoms with van der Waals surface area (Å²) in [6, 6.07) is 45.8. The van der Waals surface area contributed by atoms with Gasteiger partial charge < -0.3 is 14.5 Å². The van der Waals surface area contributed by atoms with Crippen LogP contribution in [0.25, 0.3) is 22.4 Å². The third-order valence-electron chi connectivity index (χ3n) is 9.10. The van der Waals surface area contributed by atoms with Gasteiger partial charge in [-0.25, -0.2) is 4.98 Å². The second-order valence-electron chi connectivity index (χ2n) is 12.0.